The summed E-state index contributed by atoms with van der Waals surface area (Å²) in [4.78, 5) is 15.9. The Balaban J connectivity index is 2.50. The quantitative estimate of drug-likeness (QED) is 0.411. The summed E-state index contributed by atoms with van der Waals surface area (Å²) < 4.78 is 43.6. The van der Waals surface area contributed by atoms with Gasteiger partial charge < -0.3 is 4.74 Å². The smallest absolute Gasteiger partial charge is 0.416 e. The predicted octanol–water partition coefficient (Wildman–Crippen LogP) is 6.62. The van der Waals surface area contributed by atoms with Gasteiger partial charge in [0.2, 0.25) is 0 Å². The Hall–Kier alpha value is -2.81. The van der Waals surface area contributed by atoms with E-state index in [0.29, 0.717) is 28.8 Å². The lowest BCUT2D eigenvalue weighted by Crippen LogP contribution is -2.18. The van der Waals surface area contributed by atoms with E-state index in [1.165, 1.54) is 12.1 Å². The molecule has 6 heteroatoms. The lowest BCUT2D eigenvalue weighted by atomic mass is 9.88. The average Bonchev–Trinajstić information content (AvgIpc) is 2.65. The summed E-state index contributed by atoms with van der Waals surface area (Å²) >= 11 is 0. The SMILES string of the molecule is [C-]#[N+]c1cc(-c2ccc(C(F)(F)F)cc2)cc(C(CC(C)C)C(=O)OCC)c1. The Morgan fingerprint density at radius 3 is 2.25 bits per heavy atom. The Morgan fingerprint density at radius 2 is 1.75 bits per heavy atom. The van der Waals surface area contributed by atoms with Gasteiger partial charge in [0.1, 0.15) is 0 Å². The highest BCUT2D eigenvalue weighted by Gasteiger charge is 2.30. The van der Waals surface area contributed by atoms with Crippen molar-refractivity contribution >= 4 is 11.7 Å². The molecule has 0 N–H and O–H groups in total. The molecule has 2 rings (SSSR count). The minimum absolute atomic E-state index is 0.223. The highest BCUT2D eigenvalue weighted by molar-refractivity contribution is 5.80. The minimum Gasteiger partial charge on any atom is -0.466 e. The van der Waals surface area contributed by atoms with Crippen LogP contribution in [0.2, 0.25) is 0 Å². The summed E-state index contributed by atoms with van der Waals surface area (Å²) in [5.41, 5.74) is 1.37. The van der Waals surface area contributed by atoms with E-state index in [-0.39, 0.29) is 18.5 Å². The van der Waals surface area contributed by atoms with Crippen molar-refractivity contribution in [2.24, 2.45) is 5.92 Å². The molecule has 1 atom stereocenters. The molecule has 1 unspecified atom stereocenters. The molecule has 0 bridgehead atoms. The zero-order valence-corrected chi connectivity index (χ0v) is 16.0. The van der Waals surface area contributed by atoms with E-state index in [1.54, 1.807) is 25.1 Å². The van der Waals surface area contributed by atoms with Crippen molar-refractivity contribution in [3.05, 3.63) is 65.0 Å². The molecule has 0 aromatic heterocycles. The normalized spacial score (nSPS) is 12.5. The fourth-order valence-electron chi connectivity index (χ4n) is 3.00. The Kier molecular flexibility index (Phi) is 6.85. The van der Waals surface area contributed by atoms with Gasteiger partial charge in [-0.05, 0) is 54.2 Å². The molecular formula is C22H22F3NO2. The first-order chi connectivity index (χ1) is 13.2. The third kappa shape index (κ3) is 5.35. The van der Waals surface area contributed by atoms with E-state index >= 15 is 0 Å². The third-order valence-electron chi connectivity index (χ3n) is 4.30. The molecule has 0 spiro atoms. The largest absolute Gasteiger partial charge is 0.466 e. The van der Waals surface area contributed by atoms with E-state index in [4.69, 9.17) is 11.3 Å². The fraction of sp³-hybridized carbons (Fsp3) is 0.364. The molecule has 28 heavy (non-hydrogen) atoms. The number of hydrogen-bond acceptors (Lipinski definition) is 2. The molecule has 148 valence electrons. The van der Waals surface area contributed by atoms with Gasteiger partial charge in [-0.3, -0.25) is 4.79 Å². The molecule has 0 aliphatic heterocycles. The first kappa shape index (κ1) is 21.5. The fourth-order valence-corrected chi connectivity index (χ4v) is 3.00. The maximum Gasteiger partial charge on any atom is 0.416 e. The third-order valence-corrected chi connectivity index (χ3v) is 4.30. The van der Waals surface area contributed by atoms with Crippen LogP contribution in [-0.2, 0) is 15.7 Å². The Morgan fingerprint density at radius 1 is 1.11 bits per heavy atom. The number of rotatable bonds is 6. The topological polar surface area (TPSA) is 30.7 Å². The van der Waals surface area contributed by atoms with Crippen molar-refractivity contribution in [3.8, 4) is 11.1 Å². The molecular weight excluding hydrogens is 367 g/mol. The number of nitrogens with zero attached hydrogens (tertiary/aromatic N) is 1. The van der Waals surface area contributed by atoms with Gasteiger partial charge in [0.05, 0.1) is 24.7 Å². The summed E-state index contributed by atoms with van der Waals surface area (Å²) in [7, 11) is 0. The van der Waals surface area contributed by atoms with Crippen LogP contribution in [0.1, 0.15) is 44.2 Å². The first-order valence-electron chi connectivity index (χ1n) is 9.02. The van der Waals surface area contributed by atoms with Gasteiger partial charge >= 0.3 is 12.1 Å². The number of esters is 1. The predicted molar refractivity (Wildman–Crippen MR) is 102 cm³/mol. The number of carbonyl (C=O) groups is 1. The molecule has 0 saturated heterocycles. The molecule has 3 nitrogen and oxygen atoms in total. The molecule has 0 fully saturated rings. The molecule has 0 amide bonds. The number of carbonyl (C=O) groups excluding carboxylic acids is 1. The van der Waals surface area contributed by atoms with Gasteiger partial charge in [0, 0.05) is 0 Å². The Labute approximate surface area is 163 Å². The van der Waals surface area contributed by atoms with Gasteiger partial charge in [-0.25, -0.2) is 4.85 Å². The molecule has 0 radical (unpaired) electrons. The molecule has 2 aromatic rings. The zero-order chi connectivity index (χ0) is 20.9. The van der Waals surface area contributed by atoms with Crippen LogP contribution in [0.3, 0.4) is 0 Å². The first-order valence-corrected chi connectivity index (χ1v) is 9.02. The second kappa shape index (κ2) is 8.92. The van der Waals surface area contributed by atoms with E-state index < -0.39 is 17.7 Å². The maximum atomic E-state index is 12.8. The van der Waals surface area contributed by atoms with Crippen LogP contribution in [0.4, 0.5) is 18.9 Å². The van der Waals surface area contributed by atoms with Gasteiger partial charge in [-0.1, -0.05) is 38.1 Å². The second-order valence-electron chi connectivity index (χ2n) is 6.93. The molecule has 2 aromatic carbocycles. The second-order valence-corrected chi connectivity index (χ2v) is 6.93. The number of ether oxygens (including phenoxy) is 1. The van der Waals surface area contributed by atoms with Gasteiger partial charge in [0.15, 0.2) is 5.69 Å². The van der Waals surface area contributed by atoms with Crippen LogP contribution in [0.15, 0.2) is 42.5 Å². The number of halogens is 3. The molecule has 0 aliphatic carbocycles. The van der Waals surface area contributed by atoms with Crippen LogP contribution in [-0.4, -0.2) is 12.6 Å². The molecule has 0 saturated carbocycles. The monoisotopic (exact) mass is 389 g/mol. The van der Waals surface area contributed by atoms with Crippen molar-refractivity contribution < 1.29 is 22.7 Å². The van der Waals surface area contributed by atoms with E-state index in [9.17, 15) is 18.0 Å². The summed E-state index contributed by atoms with van der Waals surface area (Å²) in [5.74, 6) is -0.674. The standard InChI is InChI=1S/C22H22F3NO2/c1-5-28-21(27)20(10-14(2)3)17-11-16(12-19(13-17)26-4)15-6-8-18(9-7-15)22(23,24)25/h6-9,11-14,20H,5,10H2,1-3H3. The van der Waals surface area contributed by atoms with Crippen LogP contribution in [0.25, 0.3) is 16.0 Å². The Bertz CT molecular complexity index is 865. The molecule has 0 heterocycles. The molecule has 0 aliphatic rings. The summed E-state index contributed by atoms with van der Waals surface area (Å²) in [6.45, 7) is 13.3. The zero-order valence-electron chi connectivity index (χ0n) is 16.0. The van der Waals surface area contributed by atoms with Gasteiger partial charge in [-0.2, -0.15) is 13.2 Å². The van der Waals surface area contributed by atoms with Crippen molar-refractivity contribution in [3.63, 3.8) is 0 Å². The van der Waals surface area contributed by atoms with Crippen LogP contribution in [0.5, 0.6) is 0 Å². The lowest BCUT2D eigenvalue weighted by molar-refractivity contribution is -0.145. The number of alkyl halides is 3. The van der Waals surface area contributed by atoms with Crippen molar-refractivity contribution in [2.45, 2.75) is 39.3 Å². The van der Waals surface area contributed by atoms with E-state index in [2.05, 4.69) is 4.85 Å². The van der Waals surface area contributed by atoms with Crippen LogP contribution >= 0.6 is 0 Å². The van der Waals surface area contributed by atoms with Crippen molar-refractivity contribution in [1.82, 2.24) is 0 Å². The van der Waals surface area contributed by atoms with Gasteiger partial charge in [-0.15, -0.1) is 0 Å². The lowest BCUT2D eigenvalue weighted by Gasteiger charge is -2.19. The summed E-state index contributed by atoms with van der Waals surface area (Å²) in [6, 6.07) is 9.77. The minimum atomic E-state index is -4.41. The average molecular weight is 389 g/mol. The highest BCUT2D eigenvalue weighted by atomic mass is 19.4. The number of benzene rings is 2. The summed E-state index contributed by atoms with van der Waals surface area (Å²) in [5, 5.41) is 0. The van der Waals surface area contributed by atoms with E-state index in [1.807, 2.05) is 13.8 Å². The number of hydrogen-bond donors (Lipinski definition) is 0. The van der Waals surface area contributed by atoms with E-state index in [0.717, 1.165) is 12.1 Å². The van der Waals surface area contributed by atoms with Gasteiger partial charge in [0.25, 0.3) is 0 Å². The van der Waals surface area contributed by atoms with Crippen molar-refractivity contribution in [1.29, 1.82) is 0 Å². The van der Waals surface area contributed by atoms with Crippen molar-refractivity contribution in [2.75, 3.05) is 6.61 Å². The highest BCUT2D eigenvalue weighted by Crippen LogP contribution is 2.35. The van der Waals surface area contributed by atoms with Crippen LogP contribution < -0.4 is 0 Å². The maximum absolute atomic E-state index is 12.8. The summed E-state index contributed by atoms with van der Waals surface area (Å²) in [6.07, 6.45) is -3.86. The van der Waals surface area contributed by atoms with Crippen LogP contribution in [0, 0.1) is 12.5 Å².